The minimum atomic E-state index is -0.443. The zero-order valence-corrected chi connectivity index (χ0v) is 16.2. The predicted octanol–water partition coefficient (Wildman–Crippen LogP) is 2.97. The minimum absolute atomic E-state index is 0.193. The Labute approximate surface area is 165 Å². The highest BCUT2D eigenvalue weighted by Gasteiger charge is 2.27. The van der Waals surface area contributed by atoms with Crippen LogP contribution in [0.5, 0.6) is 11.5 Å². The fourth-order valence-corrected chi connectivity index (χ4v) is 4.17. The molecule has 8 heteroatoms. The quantitative estimate of drug-likeness (QED) is 0.478. The number of aromatic nitrogens is 3. The maximum Gasteiger partial charge on any atom is 0.291 e. The van der Waals surface area contributed by atoms with Gasteiger partial charge in [0.1, 0.15) is 6.61 Å². The van der Waals surface area contributed by atoms with Crippen LogP contribution in [0.15, 0.2) is 57.8 Å². The number of nitrogens with zero attached hydrogens (tertiary/aromatic N) is 3. The standard InChI is InChI=1S/C19H12BrN3O3S/c20-12-6-2-1-5-11(12)9-16-18(24)23-19(27-16)21-17(22-23)15-10-25-13-7-3-4-8-14(13)26-15/h1-9,15H,10H2/b16-9+/t15-/m1/s1. The van der Waals surface area contributed by atoms with Crippen LogP contribution < -0.4 is 19.6 Å². The molecule has 0 radical (unpaired) electrons. The van der Waals surface area contributed by atoms with Crippen molar-refractivity contribution in [1.29, 1.82) is 0 Å². The van der Waals surface area contributed by atoms with E-state index in [4.69, 9.17) is 9.47 Å². The first-order valence-electron chi connectivity index (χ1n) is 8.23. The van der Waals surface area contributed by atoms with Crippen molar-refractivity contribution >= 4 is 38.3 Å². The first kappa shape index (κ1) is 16.5. The highest BCUT2D eigenvalue weighted by molar-refractivity contribution is 9.10. The molecule has 6 nitrogen and oxygen atoms in total. The highest BCUT2D eigenvalue weighted by atomic mass is 79.9. The Kier molecular flexibility index (Phi) is 3.95. The maximum atomic E-state index is 12.7. The Morgan fingerprint density at radius 1 is 1.15 bits per heavy atom. The molecule has 0 fully saturated rings. The Morgan fingerprint density at radius 3 is 2.74 bits per heavy atom. The molecule has 2 aromatic heterocycles. The lowest BCUT2D eigenvalue weighted by Crippen LogP contribution is -2.26. The summed E-state index contributed by atoms with van der Waals surface area (Å²) >= 11 is 4.79. The topological polar surface area (TPSA) is 65.7 Å². The molecule has 5 rings (SSSR count). The molecule has 27 heavy (non-hydrogen) atoms. The molecule has 1 atom stereocenters. The van der Waals surface area contributed by atoms with Crippen LogP contribution in [0.25, 0.3) is 11.0 Å². The van der Waals surface area contributed by atoms with Crippen LogP contribution in [0.2, 0.25) is 0 Å². The number of thiazole rings is 1. The second-order valence-electron chi connectivity index (χ2n) is 5.97. The van der Waals surface area contributed by atoms with Crippen molar-refractivity contribution in [1.82, 2.24) is 14.6 Å². The third-order valence-corrected chi connectivity index (χ3v) is 5.87. The predicted molar refractivity (Wildman–Crippen MR) is 105 cm³/mol. The Morgan fingerprint density at radius 2 is 1.93 bits per heavy atom. The summed E-state index contributed by atoms with van der Waals surface area (Å²) in [4.78, 5) is 17.7. The lowest BCUT2D eigenvalue weighted by molar-refractivity contribution is 0.0852. The molecule has 0 bridgehead atoms. The summed E-state index contributed by atoms with van der Waals surface area (Å²) in [6, 6.07) is 15.2. The molecule has 0 spiro atoms. The number of rotatable bonds is 2. The van der Waals surface area contributed by atoms with Crippen LogP contribution in [-0.2, 0) is 0 Å². The normalized spacial score (nSPS) is 16.8. The van der Waals surface area contributed by atoms with Gasteiger partial charge in [-0.1, -0.05) is 57.6 Å². The van der Waals surface area contributed by atoms with E-state index in [0.29, 0.717) is 33.4 Å². The van der Waals surface area contributed by atoms with Gasteiger partial charge >= 0.3 is 0 Å². The van der Waals surface area contributed by atoms with Gasteiger partial charge in [0.05, 0.1) is 4.53 Å². The summed E-state index contributed by atoms with van der Waals surface area (Å²) in [5.41, 5.74) is 0.738. The van der Waals surface area contributed by atoms with E-state index in [1.54, 1.807) is 0 Å². The smallest absolute Gasteiger partial charge is 0.291 e. The molecule has 0 amide bonds. The average molecular weight is 442 g/mol. The summed E-state index contributed by atoms with van der Waals surface area (Å²) in [6.07, 6.45) is 1.39. The molecule has 4 aromatic rings. The number of hydrogen-bond donors (Lipinski definition) is 0. The van der Waals surface area contributed by atoms with Crippen molar-refractivity contribution in [2.45, 2.75) is 6.10 Å². The molecule has 1 aliphatic rings. The van der Waals surface area contributed by atoms with Crippen LogP contribution in [-0.4, -0.2) is 21.2 Å². The van der Waals surface area contributed by atoms with Gasteiger partial charge in [0.25, 0.3) is 5.56 Å². The number of hydrogen-bond acceptors (Lipinski definition) is 6. The highest BCUT2D eigenvalue weighted by Crippen LogP contribution is 2.35. The molecule has 0 saturated carbocycles. The summed E-state index contributed by atoms with van der Waals surface area (Å²) in [5, 5.41) is 4.36. The van der Waals surface area contributed by atoms with Crippen molar-refractivity contribution < 1.29 is 9.47 Å². The van der Waals surface area contributed by atoms with Crippen LogP contribution in [0.4, 0.5) is 0 Å². The first-order chi connectivity index (χ1) is 13.2. The molecule has 3 heterocycles. The fourth-order valence-electron chi connectivity index (χ4n) is 2.87. The summed E-state index contributed by atoms with van der Waals surface area (Å²) in [5.74, 6) is 1.79. The van der Waals surface area contributed by atoms with Gasteiger partial charge in [-0.2, -0.15) is 9.50 Å². The molecule has 0 unspecified atom stereocenters. The SMILES string of the molecule is O=c1/c(=C\c2ccccc2Br)sc2nc([C@H]3COc4ccccc4O3)nn12. The van der Waals surface area contributed by atoms with Crippen molar-refractivity contribution in [3.8, 4) is 11.5 Å². The molecule has 2 aromatic carbocycles. The van der Waals surface area contributed by atoms with Gasteiger partial charge in [-0.15, -0.1) is 5.10 Å². The molecule has 134 valence electrons. The second-order valence-corrected chi connectivity index (χ2v) is 7.83. The second kappa shape index (κ2) is 6.47. The first-order valence-corrected chi connectivity index (χ1v) is 9.84. The maximum absolute atomic E-state index is 12.7. The number of ether oxygens (including phenoxy) is 2. The summed E-state index contributed by atoms with van der Waals surface area (Å²) < 4.78 is 14.5. The Hall–Kier alpha value is -2.71. The molecule has 0 aliphatic carbocycles. The van der Waals surface area contributed by atoms with Gasteiger partial charge in [0.2, 0.25) is 4.96 Å². The van der Waals surface area contributed by atoms with E-state index in [2.05, 4.69) is 26.0 Å². The van der Waals surface area contributed by atoms with Crippen LogP contribution in [0.3, 0.4) is 0 Å². The van der Waals surface area contributed by atoms with E-state index in [1.807, 2.05) is 54.6 Å². The van der Waals surface area contributed by atoms with Crippen LogP contribution in [0.1, 0.15) is 17.5 Å². The molecular weight excluding hydrogens is 430 g/mol. The van der Waals surface area contributed by atoms with E-state index in [-0.39, 0.29) is 5.56 Å². The average Bonchev–Trinajstić information content (AvgIpc) is 3.23. The van der Waals surface area contributed by atoms with E-state index in [9.17, 15) is 4.79 Å². The van der Waals surface area contributed by atoms with Gasteiger partial charge in [-0.25, -0.2) is 0 Å². The van der Waals surface area contributed by atoms with Crippen LogP contribution in [0, 0.1) is 0 Å². The molecule has 1 aliphatic heterocycles. The van der Waals surface area contributed by atoms with E-state index in [1.165, 1.54) is 15.9 Å². The van der Waals surface area contributed by atoms with Gasteiger partial charge in [0.15, 0.2) is 23.4 Å². The number of benzene rings is 2. The van der Waals surface area contributed by atoms with E-state index >= 15 is 0 Å². The summed E-state index contributed by atoms with van der Waals surface area (Å²) in [7, 11) is 0. The number of halogens is 1. The Bertz CT molecular complexity index is 1270. The minimum Gasteiger partial charge on any atom is -0.485 e. The van der Waals surface area contributed by atoms with E-state index in [0.717, 1.165) is 10.0 Å². The van der Waals surface area contributed by atoms with Crippen molar-refractivity contribution in [2.24, 2.45) is 0 Å². The number of para-hydroxylation sites is 2. The van der Waals surface area contributed by atoms with Crippen molar-refractivity contribution in [2.75, 3.05) is 6.61 Å². The van der Waals surface area contributed by atoms with E-state index < -0.39 is 6.10 Å². The Balaban J connectivity index is 1.52. The van der Waals surface area contributed by atoms with Gasteiger partial charge in [0, 0.05) is 4.47 Å². The third kappa shape index (κ3) is 2.90. The largest absolute Gasteiger partial charge is 0.485 e. The molecule has 0 N–H and O–H groups in total. The molecule has 0 saturated heterocycles. The van der Waals surface area contributed by atoms with Crippen molar-refractivity contribution in [3.05, 3.63) is 79.3 Å². The molecular formula is C19H12BrN3O3S. The van der Waals surface area contributed by atoms with Gasteiger partial charge in [-0.3, -0.25) is 4.79 Å². The van der Waals surface area contributed by atoms with Gasteiger partial charge in [-0.05, 0) is 29.8 Å². The number of fused-ring (bicyclic) bond motifs is 2. The fraction of sp³-hybridized carbons (Fsp3) is 0.105. The third-order valence-electron chi connectivity index (χ3n) is 4.19. The summed E-state index contributed by atoms with van der Waals surface area (Å²) in [6.45, 7) is 0.305. The van der Waals surface area contributed by atoms with Crippen molar-refractivity contribution in [3.63, 3.8) is 0 Å². The lowest BCUT2D eigenvalue weighted by atomic mass is 10.2. The monoisotopic (exact) mass is 441 g/mol. The zero-order valence-electron chi connectivity index (χ0n) is 13.8. The van der Waals surface area contributed by atoms with Crippen LogP contribution >= 0.6 is 27.3 Å². The lowest BCUT2D eigenvalue weighted by Gasteiger charge is -2.24. The zero-order chi connectivity index (χ0) is 18.4. The van der Waals surface area contributed by atoms with Gasteiger partial charge < -0.3 is 9.47 Å².